The Morgan fingerprint density at radius 2 is 0.300 bits per heavy atom. The van der Waals surface area contributed by atoms with Crippen molar-refractivity contribution in [2.24, 2.45) is 0 Å². The molecule has 0 aromatic heterocycles. The molecule has 10 heteroatoms. The summed E-state index contributed by atoms with van der Waals surface area (Å²) in [5.74, 6) is 0. The van der Waals surface area contributed by atoms with E-state index in [1.807, 2.05) is 0 Å². The summed E-state index contributed by atoms with van der Waals surface area (Å²) >= 11 is 0. The van der Waals surface area contributed by atoms with Crippen molar-refractivity contribution in [3.8, 4) is 0 Å². The van der Waals surface area contributed by atoms with Crippen molar-refractivity contribution in [3.05, 3.63) is 0 Å². The van der Waals surface area contributed by atoms with Crippen molar-refractivity contribution in [2.45, 2.75) is 0 Å². The van der Waals surface area contributed by atoms with Gasteiger partial charge in [-0.1, -0.05) is 0 Å². The Bertz CT molecular complexity index is 13.0. The van der Waals surface area contributed by atoms with Crippen LogP contribution in [0.4, 0.5) is 0 Å². The molecule has 78 valence electrons. The Morgan fingerprint density at radius 3 is 0.300 bits per heavy atom. The standard InChI is InChI=1S/3BrH.Ir.6H3N/h3*1H;;6*1H3/q;;;+3;;;;;;/p-3. The van der Waals surface area contributed by atoms with Crippen molar-refractivity contribution >= 4 is 0 Å². The zero-order valence-electron chi connectivity index (χ0n) is 5.71. The number of hydrogen-bond acceptors (Lipinski definition) is 6. The topological polar surface area (TPSA) is 210 Å². The zero-order chi connectivity index (χ0) is 0. The molecule has 0 aliphatic carbocycles. The van der Waals surface area contributed by atoms with E-state index in [4.69, 9.17) is 0 Å². The van der Waals surface area contributed by atoms with E-state index in [1.54, 1.807) is 0 Å². The van der Waals surface area contributed by atoms with Crippen molar-refractivity contribution in [3.63, 3.8) is 0 Å². The van der Waals surface area contributed by atoms with E-state index in [1.165, 1.54) is 0 Å². The van der Waals surface area contributed by atoms with Crippen LogP contribution in [-0.4, -0.2) is 0 Å². The van der Waals surface area contributed by atoms with Crippen LogP contribution in [-0.2, 0) is 20.1 Å². The summed E-state index contributed by atoms with van der Waals surface area (Å²) in [6.45, 7) is 0. The zero-order valence-corrected chi connectivity index (χ0v) is 12.9. The first kappa shape index (κ1) is 408. The number of rotatable bonds is 0. The maximum Gasteiger partial charge on any atom is 3.00 e. The molecule has 0 bridgehead atoms. The van der Waals surface area contributed by atoms with E-state index in [2.05, 4.69) is 0 Å². The van der Waals surface area contributed by atoms with Gasteiger partial charge in [0.25, 0.3) is 0 Å². The van der Waals surface area contributed by atoms with Gasteiger partial charge in [-0.15, -0.1) is 0 Å². The fourth-order valence-corrected chi connectivity index (χ4v) is 0. The van der Waals surface area contributed by atoms with Crippen LogP contribution >= 0.6 is 0 Å². The van der Waals surface area contributed by atoms with Gasteiger partial charge in [0.15, 0.2) is 0 Å². The molecule has 10 heavy (non-hydrogen) atoms. The maximum atomic E-state index is 0. The molecule has 0 radical (unpaired) electrons. The summed E-state index contributed by atoms with van der Waals surface area (Å²) in [5.41, 5.74) is 0. The molecule has 0 aliphatic rings. The fraction of sp³-hybridized carbons (Fsp3) is 0. The van der Waals surface area contributed by atoms with Gasteiger partial charge in [-0.25, -0.2) is 0 Å². The minimum Gasteiger partial charge on any atom is -1.00 e. The minimum atomic E-state index is 0. The van der Waals surface area contributed by atoms with Gasteiger partial charge in [0, 0.05) is 0 Å². The van der Waals surface area contributed by atoms with Gasteiger partial charge in [0.1, 0.15) is 0 Å². The van der Waals surface area contributed by atoms with Crippen LogP contribution in [0.5, 0.6) is 0 Å². The molecule has 0 fully saturated rings. The predicted octanol–water partition coefficient (Wildman–Crippen LogP) is -8.02. The Morgan fingerprint density at radius 1 is 0.300 bits per heavy atom. The molecular weight excluding hydrogens is 516 g/mol. The first-order valence-electron chi connectivity index (χ1n) is 0. The van der Waals surface area contributed by atoms with Crippen LogP contribution in [0.1, 0.15) is 0 Å². The van der Waals surface area contributed by atoms with Crippen LogP contribution in [0.15, 0.2) is 0 Å². The summed E-state index contributed by atoms with van der Waals surface area (Å²) in [4.78, 5) is 0. The molecule has 0 aromatic rings. The second-order valence-electron chi connectivity index (χ2n) is 0. The van der Waals surface area contributed by atoms with Gasteiger partial charge >= 0.3 is 20.1 Å². The Labute approximate surface area is 107 Å². The van der Waals surface area contributed by atoms with Gasteiger partial charge in [-0.05, 0) is 0 Å². The first-order chi connectivity index (χ1) is 0. The molecule has 0 amide bonds. The van der Waals surface area contributed by atoms with Gasteiger partial charge in [0.2, 0.25) is 0 Å². The second kappa shape index (κ2) is 308. The summed E-state index contributed by atoms with van der Waals surface area (Å²) in [7, 11) is 0. The molecule has 0 aliphatic heterocycles. The molecule has 0 saturated carbocycles. The van der Waals surface area contributed by atoms with Crippen LogP contribution in [0.3, 0.4) is 0 Å². The summed E-state index contributed by atoms with van der Waals surface area (Å²) in [6.07, 6.45) is 0. The van der Waals surface area contributed by atoms with Crippen molar-refractivity contribution in [1.29, 1.82) is 0 Å². The molecule has 0 spiro atoms. The third kappa shape index (κ3) is 226. The third-order valence-corrected chi connectivity index (χ3v) is 0. The molecule has 0 unspecified atom stereocenters. The minimum absolute atomic E-state index is 0. The molecular formula is H18Br3IrN6. The van der Waals surface area contributed by atoms with Gasteiger partial charge in [-0.3, -0.25) is 0 Å². The van der Waals surface area contributed by atoms with Crippen molar-refractivity contribution in [2.75, 3.05) is 0 Å². The van der Waals surface area contributed by atoms with E-state index in [9.17, 15) is 0 Å². The number of hydrogen-bond donors (Lipinski definition) is 6. The normalized spacial score (nSPS) is 0. The smallest absolute Gasteiger partial charge is 1.00 e. The Balaban J connectivity index is 0. The average molecular weight is 534 g/mol. The summed E-state index contributed by atoms with van der Waals surface area (Å²) in [6, 6.07) is 0. The third-order valence-electron chi connectivity index (χ3n) is 0. The molecule has 0 aromatic carbocycles. The Hall–Kier alpha value is 1.85. The quantitative estimate of drug-likeness (QED) is 0.178. The SMILES string of the molecule is N.N.N.N.N.N.[Br-].[Br-].[Br-].[Ir+3]. The second-order valence-corrected chi connectivity index (χ2v) is 0. The van der Waals surface area contributed by atoms with E-state index in [0.717, 1.165) is 0 Å². The first-order valence-corrected chi connectivity index (χ1v) is 0. The van der Waals surface area contributed by atoms with E-state index in [0.29, 0.717) is 0 Å². The number of halogens is 3. The molecule has 0 saturated heterocycles. The van der Waals surface area contributed by atoms with Crippen LogP contribution in [0, 0.1) is 0 Å². The van der Waals surface area contributed by atoms with Gasteiger partial charge in [0.05, 0.1) is 0 Å². The summed E-state index contributed by atoms with van der Waals surface area (Å²) < 4.78 is 0. The predicted molar refractivity (Wildman–Crippen MR) is 30.1 cm³/mol. The maximum absolute atomic E-state index is 0. The molecule has 0 heterocycles. The average Bonchev–Trinajstić information content (AvgIpc) is 0. The van der Waals surface area contributed by atoms with Crippen molar-refractivity contribution in [1.82, 2.24) is 36.9 Å². The van der Waals surface area contributed by atoms with Gasteiger partial charge in [-0.2, -0.15) is 0 Å². The van der Waals surface area contributed by atoms with Crippen LogP contribution < -0.4 is 87.8 Å². The monoisotopic (exact) mass is 532 g/mol. The molecule has 6 nitrogen and oxygen atoms in total. The Kier molecular flexibility index (Phi) is 12600. The van der Waals surface area contributed by atoms with Gasteiger partial charge < -0.3 is 87.8 Å². The molecule has 0 rings (SSSR count). The summed E-state index contributed by atoms with van der Waals surface area (Å²) in [5, 5.41) is 0. The van der Waals surface area contributed by atoms with E-state index in [-0.39, 0.29) is 108 Å². The molecule has 0 atom stereocenters. The van der Waals surface area contributed by atoms with E-state index < -0.39 is 0 Å². The largest absolute Gasteiger partial charge is 3.00 e. The van der Waals surface area contributed by atoms with Crippen LogP contribution in [0.2, 0.25) is 0 Å². The fourth-order valence-electron chi connectivity index (χ4n) is 0. The van der Waals surface area contributed by atoms with Crippen LogP contribution in [0.25, 0.3) is 0 Å². The molecule has 18 N–H and O–H groups in total. The van der Waals surface area contributed by atoms with Crippen molar-refractivity contribution < 1.29 is 71.0 Å². The van der Waals surface area contributed by atoms with E-state index >= 15 is 0 Å².